The molecule has 0 unspecified atom stereocenters. The molecule has 30 heavy (non-hydrogen) atoms. The van der Waals surface area contributed by atoms with Crippen LogP contribution in [0.3, 0.4) is 0 Å². The topological polar surface area (TPSA) is 75.9 Å². The maximum absolute atomic E-state index is 12.7. The molecular weight excluding hydrogens is 420 g/mol. The Morgan fingerprint density at radius 2 is 1.77 bits per heavy atom. The van der Waals surface area contributed by atoms with Crippen LogP contribution in [0.2, 0.25) is 5.02 Å². The summed E-state index contributed by atoms with van der Waals surface area (Å²) in [6.45, 7) is 3.08. The Morgan fingerprint density at radius 1 is 1.07 bits per heavy atom. The third kappa shape index (κ3) is 5.15. The van der Waals surface area contributed by atoms with Gasteiger partial charge in [0.25, 0.3) is 0 Å². The fraction of sp³-hybridized carbons (Fsp3) is 0.619. The average Bonchev–Trinajstić information content (AvgIpc) is 3.27. The third-order valence-corrected chi connectivity index (χ3v) is 7.44. The van der Waals surface area contributed by atoms with Crippen molar-refractivity contribution in [2.24, 2.45) is 0 Å². The van der Waals surface area contributed by atoms with Gasteiger partial charge in [-0.3, -0.25) is 9.69 Å². The number of carbonyl (C=O) groups is 1. The number of carbonyl (C=O) groups excluding carboxylic acids is 1. The number of hydrogen-bond acceptors (Lipinski definition) is 6. The molecule has 1 amide bonds. The maximum atomic E-state index is 12.7. The molecule has 162 valence electrons. The molecular formula is C21H29ClN6OS. The molecule has 9 heteroatoms. The monoisotopic (exact) mass is 448 g/mol. The summed E-state index contributed by atoms with van der Waals surface area (Å²) in [5, 5.41) is 16.3. The Bertz CT molecular complexity index is 830. The van der Waals surface area contributed by atoms with Gasteiger partial charge in [0.15, 0.2) is 0 Å². The quantitative estimate of drug-likeness (QED) is 0.650. The maximum Gasteiger partial charge on any atom is 0.230 e. The fourth-order valence-corrected chi connectivity index (χ4v) is 5.49. The van der Waals surface area contributed by atoms with Gasteiger partial charge < -0.3 is 5.32 Å². The lowest BCUT2D eigenvalue weighted by Crippen LogP contribution is -2.58. The van der Waals surface area contributed by atoms with E-state index >= 15 is 0 Å². The van der Waals surface area contributed by atoms with Crippen LogP contribution in [0.1, 0.15) is 51.4 Å². The van der Waals surface area contributed by atoms with Crippen LogP contribution in [0.4, 0.5) is 0 Å². The lowest BCUT2D eigenvalue weighted by atomic mass is 9.79. The van der Waals surface area contributed by atoms with Gasteiger partial charge in [0, 0.05) is 17.1 Å². The molecule has 0 bridgehead atoms. The summed E-state index contributed by atoms with van der Waals surface area (Å²) in [7, 11) is 0. The van der Waals surface area contributed by atoms with E-state index in [-0.39, 0.29) is 11.4 Å². The van der Waals surface area contributed by atoms with Crippen molar-refractivity contribution < 1.29 is 4.79 Å². The Kier molecular flexibility index (Phi) is 7.28. The standard InChI is InChI=1S/C21H29ClN6OS/c22-17-7-9-18(10-8-17)28-20(24-25-26-28)30-15-19(29)23-16-21(11-3-1-4-12-21)27-13-5-2-6-14-27/h7-10H,1-6,11-16H2,(H,23,29). The molecule has 2 fully saturated rings. The van der Waals surface area contributed by atoms with Crippen molar-refractivity contribution in [1.29, 1.82) is 0 Å². The summed E-state index contributed by atoms with van der Waals surface area (Å²) in [4.78, 5) is 15.3. The molecule has 2 aliphatic rings. The van der Waals surface area contributed by atoms with E-state index in [1.165, 1.54) is 76.2 Å². The lowest BCUT2D eigenvalue weighted by molar-refractivity contribution is -0.119. The second kappa shape index (κ2) is 10.1. The highest BCUT2D eigenvalue weighted by Crippen LogP contribution is 2.35. The molecule has 1 aliphatic heterocycles. The van der Waals surface area contributed by atoms with Crippen LogP contribution < -0.4 is 5.32 Å². The molecule has 1 saturated heterocycles. The van der Waals surface area contributed by atoms with Crippen molar-refractivity contribution in [2.75, 3.05) is 25.4 Å². The lowest BCUT2D eigenvalue weighted by Gasteiger charge is -2.48. The molecule has 2 aromatic rings. The van der Waals surface area contributed by atoms with E-state index in [1.807, 2.05) is 12.1 Å². The number of nitrogens with one attached hydrogen (secondary N) is 1. The molecule has 7 nitrogen and oxygen atoms in total. The van der Waals surface area contributed by atoms with Crippen LogP contribution in [0, 0.1) is 0 Å². The number of likely N-dealkylation sites (tertiary alicyclic amines) is 1. The second-order valence-electron chi connectivity index (χ2n) is 8.25. The van der Waals surface area contributed by atoms with Gasteiger partial charge in [-0.2, -0.15) is 4.68 Å². The number of benzene rings is 1. The minimum absolute atomic E-state index is 0.0348. The van der Waals surface area contributed by atoms with Gasteiger partial charge in [0.1, 0.15) is 0 Å². The van der Waals surface area contributed by atoms with E-state index in [9.17, 15) is 4.79 Å². The predicted molar refractivity (Wildman–Crippen MR) is 119 cm³/mol. The normalized spacial score (nSPS) is 19.5. The highest BCUT2D eigenvalue weighted by atomic mass is 35.5. The highest BCUT2D eigenvalue weighted by molar-refractivity contribution is 7.99. The number of amides is 1. The van der Waals surface area contributed by atoms with Crippen molar-refractivity contribution in [2.45, 2.75) is 62.1 Å². The predicted octanol–water partition coefficient (Wildman–Crippen LogP) is 3.71. The van der Waals surface area contributed by atoms with E-state index in [4.69, 9.17) is 11.6 Å². The van der Waals surface area contributed by atoms with Crippen LogP contribution in [0.25, 0.3) is 5.69 Å². The van der Waals surface area contributed by atoms with Crippen molar-refractivity contribution in [1.82, 2.24) is 30.4 Å². The van der Waals surface area contributed by atoms with Gasteiger partial charge in [0.05, 0.1) is 11.4 Å². The summed E-state index contributed by atoms with van der Waals surface area (Å²) in [5.74, 6) is 0.331. The number of rotatable bonds is 7. The summed E-state index contributed by atoms with van der Waals surface area (Å²) in [6, 6.07) is 7.30. The second-order valence-corrected chi connectivity index (χ2v) is 9.63. The molecule has 0 radical (unpaired) electrons. The SMILES string of the molecule is O=C(CSc1nnnn1-c1ccc(Cl)cc1)NCC1(N2CCCCC2)CCCCC1. The van der Waals surface area contributed by atoms with E-state index in [1.54, 1.807) is 16.8 Å². The first-order valence-electron chi connectivity index (χ1n) is 10.9. The fourth-order valence-electron chi connectivity index (χ4n) is 4.64. The van der Waals surface area contributed by atoms with Crippen LogP contribution in [-0.4, -0.2) is 61.9 Å². The number of nitrogens with zero attached hydrogens (tertiary/aromatic N) is 5. The Labute approximate surface area is 186 Å². The van der Waals surface area contributed by atoms with Crippen molar-refractivity contribution in [3.8, 4) is 5.69 Å². The zero-order chi connectivity index (χ0) is 20.8. The number of hydrogen-bond donors (Lipinski definition) is 1. The Balaban J connectivity index is 1.33. The van der Waals surface area contributed by atoms with Crippen molar-refractivity contribution in [3.63, 3.8) is 0 Å². The molecule has 4 rings (SSSR count). The Morgan fingerprint density at radius 3 is 2.50 bits per heavy atom. The third-order valence-electron chi connectivity index (χ3n) is 6.27. The van der Waals surface area contributed by atoms with Gasteiger partial charge in [-0.25, -0.2) is 0 Å². The summed E-state index contributed by atoms with van der Waals surface area (Å²) < 4.78 is 1.63. The molecule has 1 aromatic heterocycles. The smallest absolute Gasteiger partial charge is 0.230 e. The van der Waals surface area contributed by atoms with E-state index in [0.717, 1.165) is 12.2 Å². The van der Waals surface area contributed by atoms with Gasteiger partial charge in [-0.1, -0.05) is 49.0 Å². The zero-order valence-corrected chi connectivity index (χ0v) is 18.8. The van der Waals surface area contributed by atoms with Crippen LogP contribution in [0.15, 0.2) is 29.4 Å². The summed E-state index contributed by atoms with van der Waals surface area (Å²) in [5.41, 5.74) is 0.961. The zero-order valence-electron chi connectivity index (χ0n) is 17.2. The van der Waals surface area contributed by atoms with Gasteiger partial charge >= 0.3 is 0 Å². The van der Waals surface area contributed by atoms with E-state index in [0.29, 0.717) is 15.9 Å². The largest absolute Gasteiger partial charge is 0.354 e. The first-order valence-corrected chi connectivity index (χ1v) is 12.2. The highest BCUT2D eigenvalue weighted by Gasteiger charge is 2.38. The van der Waals surface area contributed by atoms with E-state index in [2.05, 4.69) is 25.7 Å². The molecule has 1 N–H and O–H groups in total. The van der Waals surface area contributed by atoms with Gasteiger partial charge in [-0.15, -0.1) is 5.10 Å². The number of piperidine rings is 1. The van der Waals surface area contributed by atoms with Crippen molar-refractivity contribution in [3.05, 3.63) is 29.3 Å². The number of thioether (sulfide) groups is 1. The van der Waals surface area contributed by atoms with Gasteiger partial charge in [-0.05, 0) is 73.5 Å². The Hall–Kier alpha value is -1.64. The van der Waals surface area contributed by atoms with E-state index < -0.39 is 0 Å². The van der Waals surface area contributed by atoms with Crippen LogP contribution in [-0.2, 0) is 4.79 Å². The molecule has 0 spiro atoms. The molecule has 2 heterocycles. The summed E-state index contributed by atoms with van der Waals surface area (Å²) >= 11 is 7.31. The average molecular weight is 449 g/mol. The molecule has 1 aliphatic carbocycles. The first kappa shape index (κ1) is 21.6. The number of halogens is 1. The van der Waals surface area contributed by atoms with Crippen molar-refractivity contribution >= 4 is 29.3 Å². The minimum Gasteiger partial charge on any atom is -0.354 e. The molecule has 1 aromatic carbocycles. The van der Waals surface area contributed by atoms with Gasteiger partial charge in [0.2, 0.25) is 11.1 Å². The summed E-state index contributed by atoms with van der Waals surface area (Å²) in [6.07, 6.45) is 10.1. The van der Waals surface area contributed by atoms with Crippen LogP contribution >= 0.6 is 23.4 Å². The number of aromatic nitrogens is 4. The molecule has 0 atom stereocenters. The van der Waals surface area contributed by atoms with Crippen LogP contribution in [0.5, 0.6) is 0 Å². The minimum atomic E-state index is 0.0348. The molecule has 1 saturated carbocycles. The first-order chi connectivity index (χ1) is 14.7. The number of tetrazole rings is 1.